The van der Waals surface area contributed by atoms with Crippen LogP contribution in [-0.2, 0) is 7.05 Å². The molecule has 4 nitrogen and oxygen atoms in total. The van der Waals surface area contributed by atoms with Crippen LogP contribution in [0.3, 0.4) is 0 Å². The van der Waals surface area contributed by atoms with Crippen LogP contribution < -0.4 is 0 Å². The molecule has 2 rings (SSSR count). The second-order valence-corrected chi connectivity index (χ2v) is 3.39. The van der Waals surface area contributed by atoms with Gasteiger partial charge in [0.25, 0.3) is 5.91 Å². The van der Waals surface area contributed by atoms with Crippen LogP contribution in [0.1, 0.15) is 16.9 Å². The zero-order chi connectivity index (χ0) is 9.97. The summed E-state index contributed by atoms with van der Waals surface area (Å²) in [4.78, 5) is 13.6. The Morgan fingerprint density at radius 1 is 1.50 bits per heavy atom. The number of rotatable bonds is 1. The van der Waals surface area contributed by atoms with E-state index in [0.717, 1.165) is 13.0 Å². The molecule has 0 aromatic carbocycles. The maximum atomic E-state index is 11.8. The Morgan fingerprint density at radius 2 is 2.36 bits per heavy atom. The van der Waals surface area contributed by atoms with Crippen molar-refractivity contribution in [3.63, 3.8) is 0 Å². The van der Waals surface area contributed by atoms with E-state index >= 15 is 0 Å². The van der Waals surface area contributed by atoms with Gasteiger partial charge >= 0.3 is 0 Å². The van der Waals surface area contributed by atoms with Gasteiger partial charge in [0, 0.05) is 26.3 Å². The van der Waals surface area contributed by atoms with Gasteiger partial charge in [-0.3, -0.25) is 9.48 Å². The molecule has 0 spiro atoms. The Balaban J connectivity index is 2.11. The van der Waals surface area contributed by atoms with Crippen molar-refractivity contribution in [1.82, 2.24) is 14.7 Å². The van der Waals surface area contributed by atoms with E-state index in [0.29, 0.717) is 12.2 Å². The molecular weight excluding hydrogens is 178 g/mol. The van der Waals surface area contributed by atoms with Crippen LogP contribution in [0.2, 0.25) is 0 Å². The third kappa shape index (κ3) is 1.69. The molecule has 1 aliphatic rings. The number of hydrogen-bond acceptors (Lipinski definition) is 2. The van der Waals surface area contributed by atoms with E-state index in [2.05, 4.69) is 11.2 Å². The van der Waals surface area contributed by atoms with Crippen LogP contribution in [0.4, 0.5) is 0 Å². The molecule has 0 bridgehead atoms. The molecule has 14 heavy (non-hydrogen) atoms. The summed E-state index contributed by atoms with van der Waals surface area (Å²) < 4.78 is 1.65. The molecule has 0 fully saturated rings. The van der Waals surface area contributed by atoms with Gasteiger partial charge in [-0.1, -0.05) is 12.2 Å². The van der Waals surface area contributed by atoms with Gasteiger partial charge in [0.05, 0.1) is 0 Å². The molecule has 1 aliphatic heterocycles. The van der Waals surface area contributed by atoms with Gasteiger partial charge in [-0.25, -0.2) is 0 Å². The lowest BCUT2D eigenvalue weighted by Crippen LogP contribution is -2.34. The van der Waals surface area contributed by atoms with Crippen molar-refractivity contribution in [3.8, 4) is 0 Å². The van der Waals surface area contributed by atoms with Gasteiger partial charge in [0.2, 0.25) is 0 Å². The molecule has 1 aromatic rings. The summed E-state index contributed by atoms with van der Waals surface area (Å²) in [5.41, 5.74) is 0.530. The fourth-order valence-corrected chi connectivity index (χ4v) is 1.52. The highest BCUT2D eigenvalue weighted by Crippen LogP contribution is 2.06. The monoisotopic (exact) mass is 191 g/mol. The number of carbonyl (C=O) groups is 1. The smallest absolute Gasteiger partial charge is 0.274 e. The average Bonchev–Trinajstić information content (AvgIpc) is 2.65. The number of hydrogen-bond donors (Lipinski definition) is 0. The molecule has 0 atom stereocenters. The highest BCUT2D eigenvalue weighted by Gasteiger charge is 2.17. The number of carbonyl (C=O) groups excluding carboxylic acids is 1. The van der Waals surface area contributed by atoms with E-state index in [-0.39, 0.29) is 5.91 Å². The van der Waals surface area contributed by atoms with Crippen LogP contribution in [-0.4, -0.2) is 33.7 Å². The molecule has 0 N–H and O–H groups in total. The topological polar surface area (TPSA) is 38.1 Å². The molecule has 0 aliphatic carbocycles. The lowest BCUT2D eigenvalue weighted by molar-refractivity contribution is 0.0764. The third-order valence-corrected chi connectivity index (χ3v) is 2.28. The molecule has 74 valence electrons. The molecule has 0 saturated heterocycles. The first-order valence-corrected chi connectivity index (χ1v) is 4.71. The van der Waals surface area contributed by atoms with Crippen molar-refractivity contribution in [2.75, 3.05) is 13.1 Å². The highest BCUT2D eigenvalue weighted by atomic mass is 16.2. The normalized spacial score (nSPS) is 15.9. The van der Waals surface area contributed by atoms with Gasteiger partial charge in [0.15, 0.2) is 0 Å². The average molecular weight is 191 g/mol. The van der Waals surface area contributed by atoms with Gasteiger partial charge in [-0.2, -0.15) is 5.10 Å². The molecular formula is C10H13N3O. The standard InChI is InChI=1S/C10H13N3O/c1-12-8-5-9(11-12)10(14)13-6-3-2-4-7-13/h2-3,5,8H,4,6-7H2,1H3. The molecule has 0 unspecified atom stereocenters. The highest BCUT2D eigenvalue weighted by molar-refractivity contribution is 5.92. The molecule has 0 radical (unpaired) electrons. The predicted octanol–water partition coefficient (Wildman–Crippen LogP) is 0.822. The zero-order valence-electron chi connectivity index (χ0n) is 8.18. The maximum Gasteiger partial charge on any atom is 0.274 e. The zero-order valence-corrected chi connectivity index (χ0v) is 8.18. The fourth-order valence-electron chi connectivity index (χ4n) is 1.52. The summed E-state index contributed by atoms with van der Waals surface area (Å²) in [5, 5.41) is 4.09. The van der Waals surface area contributed by atoms with Crippen LogP contribution in [0.15, 0.2) is 24.4 Å². The quantitative estimate of drug-likeness (QED) is 0.616. The second kappa shape index (κ2) is 3.65. The van der Waals surface area contributed by atoms with E-state index in [4.69, 9.17) is 0 Å². The second-order valence-electron chi connectivity index (χ2n) is 3.39. The van der Waals surface area contributed by atoms with E-state index in [9.17, 15) is 4.79 Å². The Kier molecular flexibility index (Phi) is 2.35. The molecule has 0 saturated carbocycles. The van der Waals surface area contributed by atoms with Gasteiger partial charge in [-0.05, 0) is 12.5 Å². The van der Waals surface area contributed by atoms with E-state index < -0.39 is 0 Å². The lowest BCUT2D eigenvalue weighted by atomic mass is 10.2. The predicted molar refractivity (Wildman–Crippen MR) is 52.9 cm³/mol. The first-order chi connectivity index (χ1) is 6.77. The Hall–Kier alpha value is -1.58. The Morgan fingerprint density at radius 3 is 2.93 bits per heavy atom. The molecule has 2 heterocycles. The van der Waals surface area contributed by atoms with Crippen molar-refractivity contribution < 1.29 is 4.79 Å². The molecule has 1 amide bonds. The summed E-state index contributed by atoms with van der Waals surface area (Å²) in [6, 6.07) is 1.75. The lowest BCUT2D eigenvalue weighted by Gasteiger charge is -2.22. The first kappa shape index (κ1) is 8.99. The number of aromatic nitrogens is 2. The van der Waals surface area contributed by atoms with E-state index in [1.165, 1.54) is 0 Å². The van der Waals surface area contributed by atoms with E-state index in [1.54, 1.807) is 16.9 Å². The van der Waals surface area contributed by atoms with Crippen molar-refractivity contribution in [2.45, 2.75) is 6.42 Å². The van der Waals surface area contributed by atoms with Crippen molar-refractivity contribution in [2.24, 2.45) is 7.05 Å². The largest absolute Gasteiger partial charge is 0.333 e. The summed E-state index contributed by atoms with van der Waals surface area (Å²) in [6.07, 6.45) is 6.85. The Labute approximate surface area is 82.8 Å². The van der Waals surface area contributed by atoms with Gasteiger partial charge < -0.3 is 4.90 Å². The molecule has 4 heteroatoms. The Bertz CT molecular complexity index is 367. The summed E-state index contributed by atoms with van der Waals surface area (Å²) >= 11 is 0. The third-order valence-electron chi connectivity index (χ3n) is 2.28. The van der Waals surface area contributed by atoms with Gasteiger partial charge in [0.1, 0.15) is 5.69 Å². The van der Waals surface area contributed by atoms with E-state index in [1.807, 2.05) is 18.0 Å². The summed E-state index contributed by atoms with van der Waals surface area (Å²) in [7, 11) is 1.81. The number of aryl methyl sites for hydroxylation is 1. The number of amides is 1. The minimum atomic E-state index is 0.0231. The molecule has 1 aromatic heterocycles. The van der Waals surface area contributed by atoms with Gasteiger partial charge in [-0.15, -0.1) is 0 Å². The first-order valence-electron chi connectivity index (χ1n) is 4.71. The van der Waals surface area contributed by atoms with Crippen LogP contribution in [0, 0.1) is 0 Å². The number of nitrogens with zero attached hydrogens (tertiary/aromatic N) is 3. The SMILES string of the molecule is Cn1ccc(C(=O)N2CC=CCC2)n1. The van der Waals surface area contributed by atoms with Crippen molar-refractivity contribution >= 4 is 5.91 Å². The summed E-state index contributed by atoms with van der Waals surface area (Å²) in [6.45, 7) is 1.50. The fraction of sp³-hybridized carbons (Fsp3) is 0.400. The minimum absolute atomic E-state index is 0.0231. The van der Waals surface area contributed by atoms with Crippen molar-refractivity contribution in [3.05, 3.63) is 30.1 Å². The van der Waals surface area contributed by atoms with Crippen LogP contribution in [0.25, 0.3) is 0 Å². The summed E-state index contributed by atoms with van der Waals surface area (Å²) in [5.74, 6) is 0.0231. The van der Waals surface area contributed by atoms with Crippen molar-refractivity contribution in [1.29, 1.82) is 0 Å². The minimum Gasteiger partial charge on any atom is -0.333 e. The maximum absolute atomic E-state index is 11.8. The van der Waals surface area contributed by atoms with Crippen LogP contribution in [0.5, 0.6) is 0 Å². The van der Waals surface area contributed by atoms with Crippen LogP contribution >= 0.6 is 0 Å².